The van der Waals surface area contributed by atoms with E-state index in [0.717, 1.165) is 14.7 Å². The van der Waals surface area contributed by atoms with Crippen molar-refractivity contribution in [2.75, 3.05) is 0 Å². The second-order valence-corrected chi connectivity index (χ2v) is 10.6. The van der Waals surface area contributed by atoms with E-state index >= 15 is 0 Å². The third-order valence-electron chi connectivity index (χ3n) is 3.17. The van der Waals surface area contributed by atoms with E-state index in [1.165, 1.54) is 0 Å². The minimum atomic E-state index is -10.7. The van der Waals surface area contributed by atoms with Gasteiger partial charge in [-0.2, -0.15) is 0 Å². The van der Waals surface area contributed by atoms with Crippen LogP contribution in [-0.4, -0.2) is 0 Å². The number of hydrogen-bond donors (Lipinski definition) is 0. The molecule has 0 atom stereocenters. The van der Waals surface area contributed by atoms with E-state index in [1.807, 2.05) is 72.8 Å². The molecule has 0 radical (unpaired) electrons. The summed E-state index contributed by atoms with van der Waals surface area (Å²) in [4.78, 5) is 3.06. The molecule has 0 saturated heterocycles. The molecule has 0 aromatic heterocycles. The first-order chi connectivity index (χ1) is 13.1. The van der Waals surface area contributed by atoms with Gasteiger partial charge in [-0.05, 0) is 36.4 Å². The molecule has 0 aliphatic carbocycles. The molecule has 0 aliphatic rings. The molecule has 3 aromatic carbocycles. The second kappa shape index (κ2) is 8.20. The molecule has 158 valence electrons. The topological polar surface area (TPSA) is 0 Å². The minimum absolute atomic E-state index is 0.445. The van der Waals surface area contributed by atoms with E-state index in [1.54, 1.807) is 0 Å². The van der Waals surface area contributed by atoms with Crippen LogP contribution in [0.4, 0.5) is 25.2 Å². The van der Waals surface area contributed by atoms with Gasteiger partial charge in [-0.3, -0.25) is 0 Å². The Labute approximate surface area is 181 Å². The van der Waals surface area contributed by atoms with E-state index in [2.05, 4.69) is 0 Å². The zero-order chi connectivity index (χ0) is 21.9. The Balaban J connectivity index is 0.000000370. The molecule has 0 unspecified atom stereocenters. The van der Waals surface area contributed by atoms with Crippen molar-refractivity contribution in [2.24, 2.45) is 0 Å². The molecule has 3 aromatic rings. The summed E-state index contributed by atoms with van der Waals surface area (Å²) in [5.74, 6) is 0. The van der Waals surface area contributed by atoms with Crippen molar-refractivity contribution >= 4 is 53.5 Å². The summed E-state index contributed by atoms with van der Waals surface area (Å²) in [6.07, 6.45) is 0. The molecule has 29 heavy (non-hydrogen) atoms. The van der Waals surface area contributed by atoms with Gasteiger partial charge in [-0.25, -0.2) is 0 Å². The van der Waals surface area contributed by atoms with Crippen LogP contribution < -0.4 is 0 Å². The molecule has 0 bridgehead atoms. The molecule has 11 heteroatoms. The average molecular weight is 512 g/mol. The Bertz CT molecular complexity index is 893. The number of hydrogen-bond acceptors (Lipinski definition) is 0. The van der Waals surface area contributed by atoms with Gasteiger partial charge < -0.3 is 0 Å². The van der Waals surface area contributed by atoms with E-state index in [-0.39, 0.29) is 0 Å². The Hall–Kier alpha value is -1.11. The van der Waals surface area contributed by atoms with Gasteiger partial charge in [0.25, 0.3) is 0 Å². The van der Waals surface area contributed by atoms with Gasteiger partial charge >= 0.3 is 33.0 Å². The van der Waals surface area contributed by atoms with Crippen LogP contribution in [-0.2, 0) is 10.9 Å². The second-order valence-electron chi connectivity index (χ2n) is 5.56. The van der Waals surface area contributed by atoms with Crippen molar-refractivity contribution in [1.82, 2.24) is 0 Å². The number of halogens is 9. The number of benzene rings is 3. The molecule has 0 spiro atoms. The fraction of sp³-hybridized carbons (Fsp3) is 0. The van der Waals surface area contributed by atoms with Crippen molar-refractivity contribution < 1.29 is 25.2 Å². The number of rotatable bonds is 3. The molecule has 0 saturated carbocycles. The van der Waals surface area contributed by atoms with Crippen LogP contribution >= 0.6 is 42.6 Å². The maximum absolute atomic E-state index is 10.7. The van der Waals surface area contributed by atoms with Gasteiger partial charge in [0, 0.05) is 0 Å². The average Bonchev–Trinajstić information content (AvgIpc) is 2.57. The van der Waals surface area contributed by atoms with Crippen LogP contribution in [0.5, 0.6) is 0 Å². The summed E-state index contributed by atoms with van der Waals surface area (Å²) in [5, 5.41) is 2.14. The van der Waals surface area contributed by atoms with Gasteiger partial charge in [0.05, 0.1) is 15.1 Å². The standard InChI is InChI=1S/C18H12Cl3S.F6P/c19-13-7-1-4-10-16(13)22(17-11-5-2-8-14(17)20)18-12-6-3-9-15(18)21;1-7(2,3,4,5)6/h1-12H;/q+1;-1. The SMILES string of the molecule is Clc1ccccc1[S+](c1ccccc1Cl)c1ccccc1Cl.F[P-](F)(F)(F)(F)F. The zero-order valence-electron chi connectivity index (χ0n) is 14.2. The van der Waals surface area contributed by atoms with Crippen molar-refractivity contribution in [3.8, 4) is 0 Å². The van der Waals surface area contributed by atoms with Crippen LogP contribution in [0.3, 0.4) is 0 Å². The first-order valence-corrected chi connectivity index (χ1v) is 12.1. The Morgan fingerprint density at radius 3 is 0.897 bits per heavy atom. The zero-order valence-corrected chi connectivity index (χ0v) is 18.2. The van der Waals surface area contributed by atoms with Crippen molar-refractivity contribution in [2.45, 2.75) is 14.7 Å². The Morgan fingerprint density at radius 2 is 0.690 bits per heavy atom. The van der Waals surface area contributed by atoms with E-state index < -0.39 is 18.7 Å². The predicted molar refractivity (Wildman–Crippen MR) is 110 cm³/mol. The fourth-order valence-corrected chi connectivity index (χ4v) is 5.43. The molecule has 0 fully saturated rings. The third-order valence-corrected chi connectivity index (χ3v) is 6.88. The molecule has 3 rings (SSSR count). The molecule has 0 N–H and O–H groups in total. The van der Waals surface area contributed by atoms with Crippen molar-refractivity contribution in [3.63, 3.8) is 0 Å². The quantitative estimate of drug-likeness (QED) is 0.186. The molecular weight excluding hydrogens is 500 g/mol. The summed E-state index contributed by atoms with van der Waals surface area (Å²) >= 11 is 19.3. The Kier molecular flexibility index (Phi) is 6.83. The fourth-order valence-electron chi connectivity index (χ4n) is 2.19. The molecular formula is C18H12Cl3F6PS. The monoisotopic (exact) mass is 510 g/mol. The maximum atomic E-state index is 9.87. The third kappa shape index (κ3) is 8.65. The summed E-state index contributed by atoms with van der Waals surface area (Å²) in [6.45, 7) is 0. The van der Waals surface area contributed by atoms with Gasteiger partial charge in [-0.15, -0.1) is 0 Å². The first-order valence-electron chi connectivity index (χ1n) is 7.68. The normalized spacial score (nSPS) is 13.9. The summed E-state index contributed by atoms with van der Waals surface area (Å²) in [6, 6.07) is 23.5. The summed E-state index contributed by atoms with van der Waals surface area (Å²) < 4.78 is 59.2. The van der Waals surface area contributed by atoms with Gasteiger partial charge in [0.1, 0.15) is 10.9 Å². The van der Waals surface area contributed by atoms with Crippen LogP contribution in [0.1, 0.15) is 0 Å². The van der Waals surface area contributed by atoms with E-state index in [9.17, 15) is 25.2 Å². The van der Waals surface area contributed by atoms with E-state index in [4.69, 9.17) is 34.8 Å². The van der Waals surface area contributed by atoms with Crippen molar-refractivity contribution in [3.05, 3.63) is 87.9 Å². The van der Waals surface area contributed by atoms with Gasteiger partial charge in [0.15, 0.2) is 14.7 Å². The van der Waals surface area contributed by atoms with Crippen molar-refractivity contribution in [1.29, 1.82) is 0 Å². The summed E-state index contributed by atoms with van der Waals surface area (Å²) in [5.41, 5.74) is 0. The van der Waals surface area contributed by atoms with Gasteiger partial charge in [-0.1, -0.05) is 71.2 Å². The van der Waals surface area contributed by atoms with Crippen LogP contribution in [0.15, 0.2) is 87.5 Å². The van der Waals surface area contributed by atoms with E-state index in [0.29, 0.717) is 15.1 Å². The molecule has 0 aliphatic heterocycles. The predicted octanol–water partition coefficient (Wildman–Crippen LogP) is 10.1. The van der Waals surface area contributed by atoms with Crippen LogP contribution in [0, 0.1) is 0 Å². The molecule has 0 amide bonds. The first kappa shape index (κ1) is 24.2. The molecule has 0 heterocycles. The van der Waals surface area contributed by atoms with Gasteiger partial charge in [0.2, 0.25) is 0 Å². The summed E-state index contributed by atoms with van der Waals surface area (Å²) in [7, 11) is -11.1. The molecule has 0 nitrogen and oxygen atoms in total. The van der Waals surface area contributed by atoms with Crippen LogP contribution in [0.2, 0.25) is 15.1 Å². The Morgan fingerprint density at radius 1 is 0.483 bits per heavy atom. The van der Waals surface area contributed by atoms with Crippen LogP contribution in [0.25, 0.3) is 0 Å².